The molecule has 174 valence electrons. The number of benzene rings is 1. The van der Waals surface area contributed by atoms with E-state index in [-0.39, 0.29) is 5.75 Å². The minimum Gasteiger partial charge on any atom is -0.506 e. The van der Waals surface area contributed by atoms with Crippen LogP contribution in [0.5, 0.6) is 5.75 Å². The number of phenolic OH excluding ortho intramolecular Hbond substituents is 1. The molecule has 3 heterocycles. The van der Waals surface area contributed by atoms with E-state index in [2.05, 4.69) is 36.8 Å². The average Bonchev–Trinajstić information content (AvgIpc) is 3.51. The van der Waals surface area contributed by atoms with Crippen LogP contribution in [0.1, 0.15) is 68.4 Å². The second-order valence-corrected chi connectivity index (χ2v) is 8.89. The molecule has 6 nitrogen and oxygen atoms in total. The van der Waals surface area contributed by atoms with Crippen LogP contribution >= 0.6 is 11.3 Å². The number of amides is 1. The van der Waals surface area contributed by atoms with Crippen molar-refractivity contribution in [2.24, 2.45) is 5.73 Å². The Balaban J connectivity index is 0.000000286. The van der Waals surface area contributed by atoms with Gasteiger partial charge in [-0.05, 0) is 63.3 Å². The van der Waals surface area contributed by atoms with Crippen LogP contribution in [-0.4, -0.2) is 25.4 Å². The number of allylic oxidation sites excluding steroid dienone is 2. The number of nitrogens with two attached hydrogens (primary N) is 1. The van der Waals surface area contributed by atoms with Gasteiger partial charge in [-0.3, -0.25) is 9.20 Å². The van der Waals surface area contributed by atoms with E-state index >= 15 is 0 Å². The third-order valence-electron chi connectivity index (χ3n) is 5.83. The quantitative estimate of drug-likeness (QED) is 0.402. The first-order valence-corrected chi connectivity index (χ1v) is 12.0. The average molecular weight is 465 g/mol. The zero-order valence-corrected chi connectivity index (χ0v) is 20.9. The molecule has 4 aromatic rings. The van der Waals surface area contributed by atoms with Crippen molar-refractivity contribution in [2.45, 2.75) is 54.4 Å². The summed E-state index contributed by atoms with van der Waals surface area (Å²) in [5.74, 6) is -0.304. The van der Waals surface area contributed by atoms with Gasteiger partial charge >= 0.3 is 0 Å². The van der Waals surface area contributed by atoms with Crippen molar-refractivity contribution in [3.05, 3.63) is 56.5 Å². The maximum atomic E-state index is 12.2. The molecule has 4 N–H and O–H groups in total. The van der Waals surface area contributed by atoms with Crippen LogP contribution in [0.3, 0.4) is 0 Å². The van der Waals surface area contributed by atoms with Gasteiger partial charge in [-0.15, -0.1) is 11.3 Å². The van der Waals surface area contributed by atoms with Gasteiger partial charge in [0.1, 0.15) is 21.9 Å². The first-order chi connectivity index (χ1) is 15.8. The summed E-state index contributed by atoms with van der Waals surface area (Å²) in [6, 6.07) is 3.54. The molecule has 0 spiro atoms. The summed E-state index contributed by atoms with van der Waals surface area (Å²) in [7, 11) is 0. The number of carbonyl (C=O) groups is 1. The smallest absolute Gasteiger partial charge is 0.253 e. The number of phenols is 1. The summed E-state index contributed by atoms with van der Waals surface area (Å²) in [6.07, 6.45) is 7.60. The molecule has 0 atom stereocenters. The monoisotopic (exact) mass is 464 g/mol. The molecule has 7 heteroatoms. The predicted molar refractivity (Wildman–Crippen MR) is 139 cm³/mol. The Hall–Kier alpha value is -3.32. The Morgan fingerprint density at radius 3 is 2.58 bits per heavy atom. The van der Waals surface area contributed by atoms with Crippen LogP contribution in [0.2, 0.25) is 0 Å². The van der Waals surface area contributed by atoms with Crippen LogP contribution in [0.15, 0.2) is 29.8 Å². The maximum Gasteiger partial charge on any atom is 0.253 e. The summed E-state index contributed by atoms with van der Waals surface area (Å²) < 4.78 is 2.03. The van der Waals surface area contributed by atoms with Crippen LogP contribution in [0.4, 0.5) is 0 Å². The highest BCUT2D eigenvalue weighted by atomic mass is 32.1. The van der Waals surface area contributed by atoms with Gasteiger partial charge in [0.25, 0.3) is 5.91 Å². The number of carbonyl (C=O) groups excluding carboxylic acids is 1. The summed E-state index contributed by atoms with van der Waals surface area (Å²) in [5, 5.41) is 15.2. The Kier molecular flexibility index (Phi) is 7.43. The normalized spacial score (nSPS) is 13.4. The lowest BCUT2D eigenvalue weighted by atomic mass is 10.1. The number of fused-ring (bicyclic) bond motifs is 3. The van der Waals surface area contributed by atoms with E-state index in [1.54, 1.807) is 17.4 Å². The first kappa shape index (κ1) is 24.3. The Morgan fingerprint density at radius 1 is 1.30 bits per heavy atom. The lowest BCUT2D eigenvalue weighted by Crippen LogP contribution is -2.32. The Bertz CT molecular complexity index is 1450. The minimum absolute atomic E-state index is 0.163. The number of nitrogens with one attached hydrogen (secondary N) is 1. The maximum absolute atomic E-state index is 12.2. The number of hydrogen-bond acceptors (Lipinski definition) is 4. The van der Waals surface area contributed by atoms with Crippen molar-refractivity contribution in [1.82, 2.24) is 14.4 Å². The fourth-order valence-corrected chi connectivity index (χ4v) is 4.60. The number of rotatable bonds is 4. The zero-order chi connectivity index (χ0) is 24.3. The highest BCUT2D eigenvalue weighted by molar-refractivity contribution is 7.10. The minimum atomic E-state index is -0.467. The van der Waals surface area contributed by atoms with E-state index in [0.29, 0.717) is 16.7 Å². The molecule has 1 aromatic carbocycles. The standard InChI is InChI=1S/C19H23N3O2.C7H9NS/c1-5-7-12-14(18(20)24)19-21-15-13(23)9-8-11(4)17(15)22(19)16(12)10(3)6-2;1-3-6(2)7-8-4-5-9-7/h7-9,21,23H,5-6H2,1-4H3,(H2,20,24);3-5H,1-2H3/b12-7+,16-10?;6-3+. The van der Waals surface area contributed by atoms with E-state index in [1.165, 1.54) is 11.1 Å². The molecule has 0 saturated carbocycles. The number of aryl methyl sites for hydroxylation is 1. The summed E-state index contributed by atoms with van der Waals surface area (Å²) in [4.78, 5) is 19.5. The van der Waals surface area contributed by atoms with Crippen molar-refractivity contribution < 1.29 is 9.90 Å². The highest BCUT2D eigenvalue weighted by Crippen LogP contribution is 2.28. The molecular weight excluding hydrogens is 432 g/mol. The lowest BCUT2D eigenvalue weighted by molar-refractivity contribution is 0.100. The molecule has 0 aliphatic rings. The molecule has 0 aliphatic heterocycles. The van der Waals surface area contributed by atoms with Crippen LogP contribution < -0.4 is 16.3 Å². The van der Waals surface area contributed by atoms with Gasteiger partial charge in [-0.2, -0.15) is 0 Å². The van der Waals surface area contributed by atoms with Gasteiger partial charge in [0.2, 0.25) is 0 Å². The largest absolute Gasteiger partial charge is 0.506 e. The molecule has 1 amide bonds. The molecule has 0 radical (unpaired) electrons. The number of H-pyrrole nitrogens is 1. The van der Waals surface area contributed by atoms with E-state index in [4.69, 9.17) is 5.73 Å². The number of aromatic nitrogens is 3. The number of hydrogen-bond donors (Lipinski definition) is 3. The van der Waals surface area contributed by atoms with Crippen molar-refractivity contribution >= 4 is 51.1 Å². The highest BCUT2D eigenvalue weighted by Gasteiger charge is 2.20. The topological polar surface area (TPSA) is 96.4 Å². The fourth-order valence-electron chi connectivity index (χ4n) is 3.93. The lowest BCUT2D eigenvalue weighted by Gasteiger charge is -2.02. The number of nitrogens with zero attached hydrogens (tertiary/aromatic N) is 2. The number of aromatic hydroxyl groups is 1. The van der Waals surface area contributed by atoms with Crippen LogP contribution in [0.25, 0.3) is 33.9 Å². The van der Waals surface area contributed by atoms with Gasteiger partial charge < -0.3 is 15.8 Å². The van der Waals surface area contributed by atoms with Crippen molar-refractivity contribution in [3.8, 4) is 5.75 Å². The number of primary amides is 1. The molecular formula is C26H32N4O2S. The van der Waals surface area contributed by atoms with Gasteiger partial charge in [0.15, 0.2) is 0 Å². The first-order valence-electron chi connectivity index (χ1n) is 11.1. The molecule has 4 rings (SSSR count). The third kappa shape index (κ3) is 4.46. The second-order valence-electron chi connectivity index (χ2n) is 7.99. The molecule has 0 aliphatic carbocycles. The summed E-state index contributed by atoms with van der Waals surface area (Å²) in [6.45, 7) is 12.3. The third-order valence-corrected chi connectivity index (χ3v) is 6.73. The number of aromatic amines is 1. The van der Waals surface area contributed by atoms with E-state index in [9.17, 15) is 9.90 Å². The Labute approximate surface area is 197 Å². The van der Waals surface area contributed by atoms with Crippen molar-refractivity contribution in [3.63, 3.8) is 0 Å². The van der Waals surface area contributed by atoms with Gasteiger partial charge in [0.05, 0.1) is 16.4 Å². The van der Waals surface area contributed by atoms with Crippen LogP contribution in [-0.2, 0) is 0 Å². The molecule has 0 bridgehead atoms. The molecule has 0 fully saturated rings. The molecule has 3 aromatic heterocycles. The second kappa shape index (κ2) is 10.1. The predicted octanol–water partition coefficient (Wildman–Crippen LogP) is 4.87. The van der Waals surface area contributed by atoms with E-state index < -0.39 is 5.91 Å². The molecule has 33 heavy (non-hydrogen) atoms. The van der Waals surface area contributed by atoms with Gasteiger partial charge in [-0.1, -0.05) is 32.1 Å². The van der Waals surface area contributed by atoms with E-state index in [0.717, 1.165) is 39.5 Å². The number of imidazole rings is 1. The fraction of sp³-hybridized carbons (Fsp3) is 0.308. The summed E-state index contributed by atoms with van der Waals surface area (Å²) in [5.41, 5.74) is 11.8. The van der Waals surface area contributed by atoms with Crippen LogP contribution in [0, 0.1) is 6.92 Å². The Morgan fingerprint density at radius 2 is 2.03 bits per heavy atom. The summed E-state index contributed by atoms with van der Waals surface area (Å²) >= 11 is 1.68. The van der Waals surface area contributed by atoms with Gasteiger partial charge in [-0.25, -0.2) is 4.98 Å². The molecule has 0 saturated heterocycles. The van der Waals surface area contributed by atoms with Crippen molar-refractivity contribution in [2.75, 3.05) is 0 Å². The zero-order valence-electron chi connectivity index (χ0n) is 20.1. The number of thiazole rings is 1. The van der Waals surface area contributed by atoms with E-state index in [1.807, 2.05) is 48.9 Å². The molecule has 0 unspecified atom stereocenters. The van der Waals surface area contributed by atoms with Gasteiger partial charge in [0, 0.05) is 16.8 Å². The van der Waals surface area contributed by atoms with Crippen molar-refractivity contribution in [1.29, 1.82) is 0 Å². The SMILES string of the molecule is C/C=C(\C)c1nccs1.CC/C=c1\c(C(N)=O)c2[nH]c3c(O)ccc(C)c3n2c1=C(C)CC.